The summed E-state index contributed by atoms with van der Waals surface area (Å²) in [6.07, 6.45) is 5.59. The highest BCUT2D eigenvalue weighted by Crippen LogP contribution is 2.02. The van der Waals surface area contributed by atoms with Gasteiger partial charge in [-0.1, -0.05) is 52.3 Å². The normalized spacial score (nSPS) is 10.6. The molecule has 0 heterocycles. The lowest BCUT2D eigenvalue weighted by Gasteiger charge is -1.93. The van der Waals surface area contributed by atoms with Crippen LogP contribution >= 0.6 is 15.9 Å². The van der Waals surface area contributed by atoms with Gasteiger partial charge in [-0.15, -0.1) is 0 Å². The van der Waals surface area contributed by atoms with Crippen LogP contribution in [-0.4, -0.2) is 11.1 Å². The summed E-state index contributed by atoms with van der Waals surface area (Å²) >= 11 is 3.34. The number of unbranched alkanes of at least 4 members (excludes halogenated alkanes) is 1. The molecule has 0 unspecified atom stereocenters. The highest BCUT2D eigenvalue weighted by atomic mass is 79.9. The summed E-state index contributed by atoms with van der Waals surface area (Å²) in [5, 5.41) is 0.983. The lowest BCUT2D eigenvalue weighted by molar-refractivity contribution is 0.104. The Bertz CT molecular complexity index is 303. The van der Waals surface area contributed by atoms with E-state index < -0.39 is 0 Å². The zero-order valence-corrected chi connectivity index (χ0v) is 9.53. The van der Waals surface area contributed by atoms with Crippen molar-refractivity contribution in [3.8, 4) is 0 Å². The van der Waals surface area contributed by atoms with Crippen molar-refractivity contribution < 1.29 is 4.79 Å². The Kier molecular flexibility index (Phi) is 5.23. The monoisotopic (exact) mass is 252 g/mol. The van der Waals surface area contributed by atoms with Crippen LogP contribution in [0, 0.1) is 0 Å². The summed E-state index contributed by atoms with van der Waals surface area (Å²) < 4.78 is 0. The molecule has 1 aromatic rings. The molecular formula is C12H13BrO. The molecule has 2 heteroatoms. The molecule has 1 rings (SSSR count). The average molecular weight is 253 g/mol. The van der Waals surface area contributed by atoms with Crippen LogP contribution in [-0.2, 0) is 0 Å². The highest BCUT2D eigenvalue weighted by molar-refractivity contribution is 9.09. The Morgan fingerprint density at radius 2 is 2.00 bits per heavy atom. The van der Waals surface area contributed by atoms with Gasteiger partial charge < -0.3 is 0 Å². The van der Waals surface area contributed by atoms with Gasteiger partial charge in [-0.3, -0.25) is 4.79 Å². The van der Waals surface area contributed by atoms with E-state index in [2.05, 4.69) is 15.9 Å². The lowest BCUT2D eigenvalue weighted by Crippen LogP contribution is -1.92. The van der Waals surface area contributed by atoms with Gasteiger partial charge in [-0.05, 0) is 18.9 Å². The van der Waals surface area contributed by atoms with Crippen LogP contribution in [0.25, 0.3) is 0 Å². The quantitative estimate of drug-likeness (QED) is 0.339. The van der Waals surface area contributed by atoms with Crippen molar-refractivity contribution in [2.45, 2.75) is 12.8 Å². The van der Waals surface area contributed by atoms with Crippen molar-refractivity contribution in [2.75, 3.05) is 5.33 Å². The maximum atomic E-state index is 11.5. The number of halogens is 1. The molecule has 0 saturated heterocycles. The highest BCUT2D eigenvalue weighted by Gasteiger charge is 1.97. The standard InChI is InChI=1S/C12H13BrO/c13-10-6-2-5-9-12(14)11-7-3-1-4-8-11/h1,3-5,7-9H,2,6,10H2/b9-5+. The fourth-order valence-corrected chi connectivity index (χ4v) is 1.41. The minimum Gasteiger partial charge on any atom is -0.289 e. The van der Waals surface area contributed by atoms with Gasteiger partial charge in [0.1, 0.15) is 0 Å². The van der Waals surface area contributed by atoms with Gasteiger partial charge in [0, 0.05) is 10.9 Å². The van der Waals surface area contributed by atoms with E-state index in [1.165, 1.54) is 0 Å². The summed E-state index contributed by atoms with van der Waals surface area (Å²) in [4.78, 5) is 11.5. The minimum atomic E-state index is 0.0835. The second kappa shape index (κ2) is 6.55. The molecule has 0 atom stereocenters. The molecule has 0 aromatic heterocycles. The number of alkyl halides is 1. The number of hydrogen-bond acceptors (Lipinski definition) is 1. The summed E-state index contributed by atoms with van der Waals surface area (Å²) in [6.45, 7) is 0. The predicted molar refractivity (Wildman–Crippen MR) is 62.9 cm³/mol. The molecule has 14 heavy (non-hydrogen) atoms. The van der Waals surface area contributed by atoms with Crippen LogP contribution in [0.15, 0.2) is 42.5 Å². The zero-order chi connectivity index (χ0) is 10.2. The molecule has 0 amide bonds. The molecule has 0 bridgehead atoms. The molecule has 0 aliphatic rings. The fourth-order valence-electron chi connectivity index (χ4n) is 1.08. The molecule has 0 aliphatic heterocycles. The summed E-state index contributed by atoms with van der Waals surface area (Å²) in [6, 6.07) is 9.32. The van der Waals surface area contributed by atoms with Gasteiger partial charge in [-0.25, -0.2) is 0 Å². The van der Waals surface area contributed by atoms with Crippen molar-refractivity contribution in [3.05, 3.63) is 48.0 Å². The Hall–Kier alpha value is -0.890. The van der Waals surface area contributed by atoms with E-state index in [0.29, 0.717) is 0 Å². The van der Waals surface area contributed by atoms with Crippen molar-refractivity contribution in [1.29, 1.82) is 0 Å². The Morgan fingerprint density at radius 3 is 2.64 bits per heavy atom. The predicted octanol–water partition coefficient (Wildman–Crippen LogP) is 3.60. The van der Waals surface area contributed by atoms with Gasteiger partial charge in [0.2, 0.25) is 0 Å². The number of rotatable bonds is 5. The van der Waals surface area contributed by atoms with Crippen molar-refractivity contribution >= 4 is 21.7 Å². The SMILES string of the molecule is O=C(/C=C/CCCBr)c1ccccc1. The molecule has 0 saturated carbocycles. The van der Waals surface area contributed by atoms with Gasteiger partial charge in [0.25, 0.3) is 0 Å². The molecule has 1 aromatic carbocycles. The number of benzene rings is 1. The summed E-state index contributed by atoms with van der Waals surface area (Å²) in [5.74, 6) is 0.0835. The van der Waals surface area contributed by atoms with Crippen molar-refractivity contribution in [1.82, 2.24) is 0 Å². The molecule has 0 aliphatic carbocycles. The van der Waals surface area contributed by atoms with Crippen LogP contribution in [0.2, 0.25) is 0 Å². The van der Waals surface area contributed by atoms with Gasteiger partial charge >= 0.3 is 0 Å². The first-order chi connectivity index (χ1) is 6.84. The largest absolute Gasteiger partial charge is 0.289 e. The van der Waals surface area contributed by atoms with E-state index in [0.717, 1.165) is 23.7 Å². The van der Waals surface area contributed by atoms with Crippen LogP contribution in [0.5, 0.6) is 0 Å². The number of hydrogen-bond donors (Lipinski definition) is 0. The summed E-state index contributed by atoms with van der Waals surface area (Å²) in [5.41, 5.74) is 0.752. The van der Waals surface area contributed by atoms with E-state index in [9.17, 15) is 4.79 Å². The van der Waals surface area contributed by atoms with Crippen LogP contribution in [0.4, 0.5) is 0 Å². The van der Waals surface area contributed by atoms with E-state index in [-0.39, 0.29) is 5.78 Å². The van der Waals surface area contributed by atoms with Gasteiger partial charge in [0.15, 0.2) is 5.78 Å². The van der Waals surface area contributed by atoms with Gasteiger partial charge in [0.05, 0.1) is 0 Å². The number of carbonyl (C=O) groups excluding carboxylic acids is 1. The van der Waals surface area contributed by atoms with E-state index in [1.807, 2.05) is 36.4 Å². The van der Waals surface area contributed by atoms with Crippen LogP contribution in [0.1, 0.15) is 23.2 Å². The Labute approximate surface area is 93.0 Å². The van der Waals surface area contributed by atoms with Crippen molar-refractivity contribution in [2.24, 2.45) is 0 Å². The molecule has 0 spiro atoms. The molecule has 0 fully saturated rings. The molecule has 0 radical (unpaired) electrons. The summed E-state index contributed by atoms with van der Waals surface area (Å²) in [7, 11) is 0. The van der Waals surface area contributed by atoms with E-state index in [1.54, 1.807) is 6.08 Å². The van der Waals surface area contributed by atoms with Gasteiger partial charge in [-0.2, -0.15) is 0 Å². The zero-order valence-electron chi connectivity index (χ0n) is 7.95. The first-order valence-electron chi connectivity index (χ1n) is 4.66. The third-order valence-corrected chi connectivity index (χ3v) is 2.39. The molecule has 1 nitrogen and oxygen atoms in total. The number of allylic oxidation sites excluding steroid dienone is 2. The Morgan fingerprint density at radius 1 is 1.29 bits per heavy atom. The fraction of sp³-hybridized carbons (Fsp3) is 0.250. The lowest BCUT2D eigenvalue weighted by atomic mass is 10.1. The average Bonchev–Trinajstić information content (AvgIpc) is 2.25. The molecular weight excluding hydrogens is 240 g/mol. The second-order valence-electron chi connectivity index (χ2n) is 2.96. The Balaban J connectivity index is 2.47. The maximum absolute atomic E-state index is 11.5. The third kappa shape index (κ3) is 3.88. The number of carbonyl (C=O) groups is 1. The molecule has 74 valence electrons. The number of ketones is 1. The molecule has 0 N–H and O–H groups in total. The third-order valence-electron chi connectivity index (χ3n) is 1.83. The van der Waals surface area contributed by atoms with E-state index in [4.69, 9.17) is 0 Å². The first-order valence-corrected chi connectivity index (χ1v) is 5.78. The minimum absolute atomic E-state index is 0.0835. The van der Waals surface area contributed by atoms with Crippen molar-refractivity contribution in [3.63, 3.8) is 0 Å². The first kappa shape index (κ1) is 11.2. The van der Waals surface area contributed by atoms with E-state index >= 15 is 0 Å². The van der Waals surface area contributed by atoms with Crippen LogP contribution < -0.4 is 0 Å². The topological polar surface area (TPSA) is 17.1 Å². The second-order valence-corrected chi connectivity index (χ2v) is 3.76. The van der Waals surface area contributed by atoms with Crippen LogP contribution in [0.3, 0.4) is 0 Å². The maximum Gasteiger partial charge on any atom is 0.185 e. The smallest absolute Gasteiger partial charge is 0.185 e.